The third-order valence-corrected chi connectivity index (χ3v) is 6.35. The minimum Gasteiger partial charge on any atom is -0.482 e. The highest BCUT2D eigenvalue weighted by molar-refractivity contribution is 7.99. The normalized spacial score (nSPS) is 11.6. The van der Waals surface area contributed by atoms with Gasteiger partial charge in [-0.25, -0.2) is 4.98 Å². The number of carbonyl (C=O) groups is 2. The molecular formula is C23H27N5O4S2. The summed E-state index contributed by atoms with van der Waals surface area (Å²) in [4.78, 5) is 28.3. The van der Waals surface area contributed by atoms with E-state index in [4.69, 9.17) is 9.47 Å². The van der Waals surface area contributed by atoms with E-state index in [1.165, 1.54) is 23.1 Å². The number of carbonyl (C=O) groups excluding carboxylic acids is 2. The van der Waals surface area contributed by atoms with Crippen molar-refractivity contribution in [3.63, 3.8) is 0 Å². The maximum atomic E-state index is 12.4. The number of aryl methyl sites for hydroxylation is 1. The second-order valence-corrected chi connectivity index (χ2v) is 9.03. The Hall–Kier alpha value is -3.18. The van der Waals surface area contributed by atoms with Crippen LogP contribution in [0.1, 0.15) is 37.0 Å². The molecule has 0 radical (unpaired) electrons. The van der Waals surface area contributed by atoms with Crippen LogP contribution >= 0.6 is 23.1 Å². The molecule has 2 aromatic heterocycles. The first-order valence-electron chi connectivity index (χ1n) is 10.7. The molecular weight excluding hydrogens is 474 g/mol. The Kier molecular flexibility index (Phi) is 9.23. The van der Waals surface area contributed by atoms with Gasteiger partial charge in [0.2, 0.25) is 5.91 Å². The maximum absolute atomic E-state index is 12.4. The van der Waals surface area contributed by atoms with Gasteiger partial charge in [-0.05, 0) is 32.4 Å². The Morgan fingerprint density at radius 1 is 1.32 bits per heavy atom. The second-order valence-electron chi connectivity index (χ2n) is 7.23. The van der Waals surface area contributed by atoms with Crippen LogP contribution in [0.5, 0.6) is 5.75 Å². The quantitative estimate of drug-likeness (QED) is 0.223. The Balaban J connectivity index is 1.60. The predicted octanol–water partition coefficient (Wildman–Crippen LogP) is 4.21. The van der Waals surface area contributed by atoms with Crippen molar-refractivity contribution in [1.29, 1.82) is 0 Å². The first-order chi connectivity index (χ1) is 16.4. The van der Waals surface area contributed by atoms with Crippen molar-refractivity contribution >= 4 is 40.1 Å². The molecule has 0 aliphatic carbocycles. The van der Waals surface area contributed by atoms with Crippen LogP contribution in [0.4, 0.5) is 5.13 Å². The molecule has 1 atom stereocenters. The molecule has 0 aliphatic rings. The second kappa shape index (κ2) is 12.3. The molecule has 0 bridgehead atoms. The van der Waals surface area contributed by atoms with Gasteiger partial charge in [0.1, 0.15) is 5.75 Å². The number of thiazole rings is 1. The third kappa shape index (κ3) is 6.91. The number of benzene rings is 1. The van der Waals surface area contributed by atoms with Crippen LogP contribution in [-0.4, -0.2) is 44.0 Å². The predicted molar refractivity (Wildman–Crippen MR) is 132 cm³/mol. The van der Waals surface area contributed by atoms with Crippen molar-refractivity contribution in [1.82, 2.24) is 19.7 Å². The van der Waals surface area contributed by atoms with E-state index in [9.17, 15) is 9.59 Å². The van der Waals surface area contributed by atoms with Crippen LogP contribution in [0.15, 0.2) is 47.5 Å². The van der Waals surface area contributed by atoms with E-state index in [1.54, 1.807) is 18.4 Å². The average molecular weight is 502 g/mol. The number of nitrogens with zero attached hydrogens (tertiary/aromatic N) is 4. The summed E-state index contributed by atoms with van der Waals surface area (Å²) >= 11 is 2.52. The molecule has 3 aromatic rings. The molecule has 0 fully saturated rings. The molecule has 0 spiro atoms. The number of rotatable bonds is 12. The van der Waals surface area contributed by atoms with Crippen LogP contribution in [-0.2, 0) is 27.3 Å². The van der Waals surface area contributed by atoms with Gasteiger partial charge in [-0.3, -0.25) is 14.2 Å². The smallest absolute Gasteiger partial charge is 0.311 e. The zero-order valence-corrected chi connectivity index (χ0v) is 20.9. The van der Waals surface area contributed by atoms with Gasteiger partial charge >= 0.3 is 5.97 Å². The lowest BCUT2D eigenvalue weighted by Crippen LogP contribution is -2.16. The summed E-state index contributed by atoms with van der Waals surface area (Å²) in [6.45, 7) is 10.3. The Bertz CT molecular complexity index is 1140. The van der Waals surface area contributed by atoms with Gasteiger partial charge in [-0.1, -0.05) is 36.0 Å². The fraction of sp³-hybridized carbons (Fsp3) is 0.348. The number of allylic oxidation sites excluding steroid dienone is 1. The van der Waals surface area contributed by atoms with E-state index < -0.39 is 0 Å². The summed E-state index contributed by atoms with van der Waals surface area (Å²) in [5, 5.41) is 14.1. The standard InChI is InChI=1S/C23H27N5O4S2/c1-5-11-28-21(16(4)32-18-10-8-7-9-15(18)3)26-27-23(28)34-14-19(29)25-22-24-17(13-33-22)12-20(30)31-6-2/h5,7-10,13,16H,1,6,11-12,14H2,2-4H3,(H,24,25,29). The molecule has 34 heavy (non-hydrogen) atoms. The molecule has 0 saturated carbocycles. The first-order valence-corrected chi connectivity index (χ1v) is 12.6. The first kappa shape index (κ1) is 25.4. The van der Waals surface area contributed by atoms with E-state index >= 15 is 0 Å². The van der Waals surface area contributed by atoms with Crippen molar-refractivity contribution < 1.29 is 19.1 Å². The fourth-order valence-electron chi connectivity index (χ4n) is 3.03. The van der Waals surface area contributed by atoms with Gasteiger partial charge in [0.15, 0.2) is 22.2 Å². The van der Waals surface area contributed by atoms with E-state index in [1.807, 2.05) is 42.7 Å². The van der Waals surface area contributed by atoms with E-state index in [2.05, 4.69) is 27.1 Å². The zero-order chi connectivity index (χ0) is 24.5. The number of thioether (sulfide) groups is 1. The molecule has 11 heteroatoms. The molecule has 1 aromatic carbocycles. The molecule has 0 aliphatic heterocycles. The number of para-hydroxylation sites is 1. The summed E-state index contributed by atoms with van der Waals surface area (Å²) in [6, 6.07) is 7.78. The van der Waals surface area contributed by atoms with E-state index in [0.717, 1.165) is 11.3 Å². The molecule has 9 nitrogen and oxygen atoms in total. The number of hydrogen-bond donors (Lipinski definition) is 1. The minimum absolute atomic E-state index is 0.0746. The Morgan fingerprint density at radius 3 is 2.85 bits per heavy atom. The Labute approximate surface area is 206 Å². The summed E-state index contributed by atoms with van der Waals surface area (Å²) in [7, 11) is 0. The summed E-state index contributed by atoms with van der Waals surface area (Å²) in [5.41, 5.74) is 1.59. The van der Waals surface area contributed by atoms with Crippen LogP contribution in [0.3, 0.4) is 0 Å². The highest BCUT2D eigenvalue weighted by atomic mass is 32.2. The van der Waals surface area contributed by atoms with Gasteiger partial charge in [0.25, 0.3) is 0 Å². The molecule has 180 valence electrons. The third-order valence-electron chi connectivity index (χ3n) is 4.58. The lowest BCUT2D eigenvalue weighted by atomic mass is 10.2. The summed E-state index contributed by atoms with van der Waals surface area (Å²) in [5.74, 6) is 0.965. The van der Waals surface area contributed by atoms with Crippen molar-refractivity contribution in [2.45, 2.75) is 45.0 Å². The minimum atomic E-state index is -0.348. The van der Waals surface area contributed by atoms with Crippen LogP contribution in [0.25, 0.3) is 0 Å². The molecule has 1 amide bonds. The molecule has 0 saturated heterocycles. The van der Waals surface area contributed by atoms with Crippen molar-refractivity contribution in [3.05, 3.63) is 59.4 Å². The molecule has 1 unspecified atom stereocenters. The highest BCUT2D eigenvalue weighted by Gasteiger charge is 2.20. The van der Waals surface area contributed by atoms with Gasteiger partial charge in [-0.15, -0.1) is 28.1 Å². The lowest BCUT2D eigenvalue weighted by molar-refractivity contribution is -0.142. The number of anilines is 1. The largest absolute Gasteiger partial charge is 0.482 e. The van der Waals surface area contributed by atoms with E-state index in [-0.39, 0.29) is 30.2 Å². The van der Waals surface area contributed by atoms with Crippen LogP contribution in [0.2, 0.25) is 0 Å². The topological polar surface area (TPSA) is 108 Å². The van der Waals surface area contributed by atoms with Crippen molar-refractivity contribution in [2.75, 3.05) is 17.7 Å². The van der Waals surface area contributed by atoms with Gasteiger partial charge < -0.3 is 14.8 Å². The Morgan fingerprint density at radius 2 is 2.12 bits per heavy atom. The SMILES string of the molecule is C=CCn1c(SCC(=O)Nc2nc(CC(=O)OCC)cs2)nnc1C(C)Oc1ccccc1C. The number of ether oxygens (including phenoxy) is 2. The highest BCUT2D eigenvalue weighted by Crippen LogP contribution is 2.27. The van der Waals surface area contributed by atoms with Crippen molar-refractivity contribution in [3.8, 4) is 5.75 Å². The average Bonchev–Trinajstić information content (AvgIpc) is 3.41. The van der Waals surface area contributed by atoms with Crippen LogP contribution in [0, 0.1) is 6.92 Å². The monoisotopic (exact) mass is 501 g/mol. The lowest BCUT2D eigenvalue weighted by Gasteiger charge is -2.17. The zero-order valence-electron chi connectivity index (χ0n) is 19.3. The summed E-state index contributed by atoms with van der Waals surface area (Å²) in [6.07, 6.45) is 1.48. The molecule has 1 N–H and O–H groups in total. The van der Waals surface area contributed by atoms with Gasteiger partial charge in [0, 0.05) is 11.9 Å². The van der Waals surface area contributed by atoms with Gasteiger partial charge in [-0.2, -0.15) is 0 Å². The fourth-order valence-corrected chi connectivity index (χ4v) is 4.51. The maximum Gasteiger partial charge on any atom is 0.311 e. The van der Waals surface area contributed by atoms with Crippen molar-refractivity contribution in [2.24, 2.45) is 0 Å². The van der Waals surface area contributed by atoms with Gasteiger partial charge in [0.05, 0.1) is 24.5 Å². The number of hydrogen-bond acceptors (Lipinski definition) is 9. The summed E-state index contributed by atoms with van der Waals surface area (Å²) < 4.78 is 12.9. The molecule has 3 rings (SSSR count). The van der Waals surface area contributed by atoms with Crippen LogP contribution < -0.4 is 10.1 Å². The number of aromatic nitrogens is 4. The van der Waals surface area contributed by atoms with E-state index in [0.29, 0.717) is 35.0 Å². The number of nitrogens with one attached hydrogen (secondary N) is 1. The molecule has 2 heterocycles. The number of esters is 1. The number of amides is 1.